The van der Waals surface area contributed by atoms with E-state index in [2.05, 4.69) is 13.8 Å². The molecule has 0 fully saturated rings. The Labute approximate surface area is 113 Å². The van der Waals surface area contributed by atoms with E-state index in [9.17, 15) is 4.79 Å². The van der Waals surface area contributed by atoms with Crippen LogP contribution in [0.1, 0.15) is 37.0 Å². The molecule has 0 aliphatic heterocycles. The van der Waals surface area contributed by atoms with Crippen LogP contribution in [0.3, 0.4) is 0 Å². The summed E-state index contributed by atoms with van der Waals surface area (Å²) in [6.07, 6.45) is 2.96. The van der Waals surface area contributed by atoms with Crippen molar-refractivity contribution in [3.63, 3.8) is 0 Å². The number of carbonyl (C=O) groups excluding carboxylic acids is 1. The zero-order valence-electron chi connectivity index (χ0n) is 11.0. The molecule has 0 amide bonds. The number of ether oxygens (including phenoxy) is 2. The third kappa shape index (κ3) is 3.91. The molecular weight excluding hydrogens is 252 g/mol. The van der Waals surface area contributed by atoms with Crippen LogP contribution in [-0.4, -0.2) is 20.0 Å². The van der Waals surface area contributed by atoms with Gasteiger partial charge in [-0.2, -0.15) is 0 Å². The lowest BCUT2D eigenvalue weighted by molar-refractivity contribution is 0.112. The minimum atomic E-state index is 0.403. The van der Waals surface area contributed by atoms with Crippen LogP contribution in [0.25, 0.3) is 0 Å². The fourth-order valence-electron chi connectivity index (χ4n) is 1.75. The Balaban J connectivity index is 2.84. The number of rotatable bonds is 7. The first-order valence-electron chi connectivity index (χ1n) is 6.07. The summed E-state index contributed by atoms with van der Waals surface area (Å²) in [6.45, 7) is 4.86. The Morgan fingerprint density at radius 2 is 2.17 bits per heavy atom. The Morgan fingerprint density at radius 1 is 1.44 bits per heavy atom. The smallest absolute Gasteiger partial charge is 0.179 e. The highest BCUT2D eigenvalue weighted by Gasteiger charge is 2.13. The zero-order chi connectivity index (χ0) is 13.5. The van der Waals surface area contributed by atoms with Crippen molar-refractivity contribution in [1.29, 1.82) is 0 Å². The molecule has 0 aliphatic rings. The molecule has 1 unspecified atom stereocenters. The van der Waals surface area contributed by atoms with Gasteiger partial charge in [-0.1, -0.05) is 31.9 Å². The van der Waals surface area contributed by atoms with Crippen LogP contribution in [0.15, 0.2) is 12.1 Å². The second kappa shape index (κ2) is 7.27. The van der Waals surface area contributed by atoms with Crippen LogP contribution >= 0.6 is 11.6 Å². The molecule has 0 spiro atoms. The second-order valence-electron chi connectivity index (χ2n) is 4.36. The van der Waals surface area contributed by atoms with E-state index in [1.807, 2.05) is 0 Å². The molecule has 0 saturated carbocycles. The number of methoxy groups -OCH3 is 1. The summed E-state index contributed by atoms with van der Waals surface area (Å²) in [4.78, 5) is 10.7. The molecule has 1 atom stereocenters. The predicted octanol–water partition coefficient (Wildman–Crippen LogP) is 3.98. The van der Waals surface area contributed by atoms with Crippen molar-refractivity contribution in [3.05, 3.63) is 22.7 Å². The number of halogens is 1. The van der Waals surface area contributed by atoms with Gasteiger partial charge >= 0.3 is 0 Å². The van der Waals surface area contributed by atoms with Crippen LogP contribution in [0, 0.1) is 5.92 Å². The molecule has 0 heterocycles. The molecule has 18 heavy (non-hydrogen) atoms. The maximum absolute atomic E-state index is 10.7. The van der Waals surface area contributed by atoms with E-state index in [4.69, 9.17) is 21.1 Å². The molecule has 0 aromatic heterocycles. The van der Waals surface area contributed by atoms with Gasteiger partial charge in [-0.3, -0.25) is 4.79 Å². The van der Waals surface area contributed by atoms with Crippen molar-refractivity contribution in [3.8, 4) is 11.5 Å². The van der Waals surface area contributed by atoms with Crippen molar-refractivity contribution < 1.29 is 14.3 Å². The van der Waals surface area contributed by atoms with E-state index < -0.39 is 0 Å². The van der Waals surface area contributed by atoms with Crippen molar-refractivity contribution in [2.75, 3.05) is 13.7 Å². The Kier molecular flexibility index (Phi) is 5.99. The van der Waals surface area contributed by atoms with Gasteiger partial charge in [-0.15, -0.1) is 0 Å². The minimum absolute atomic E-state index is 0.403. The molecule has 1 aromatic carbocycles. The number of hydrogen-bond acceptors (Lipinski definition) is 3. The van der Waals surface area contributed by atoms with Crippen LogP contribution in [-0.2, 0) is 0 Å². The highest BCUT2D eigenvalue weighted by atomic mass is 35.5. The summed E-state index contributed by atoms with van der Waals surface area (Å²) in [7, 11) is 1.53. The molecule has 100 valence electrons. The second-order valence-corrected chi connectivity index (χ2v) is 4.76. The van der Waals surface area contributed by atoms with E-state index in [1.54, 1.807) is 12.1 Å². The highest BCUT2D eigenvalue weighted by molar-refractivity contribution is 6.32. The summed E-state index contributed by atoms with van der Waals surface area (Å²) >= 11 is 6.09. The fraction of sp³-hybridized carbons (Fsp3) is 0.500. The van der Waals surface area contributed by atoms with E-state index in [0.29, 0.717) is 34.6 Å². The third-order valence-corrected chi connectivity index (χ3v) is 2.96. The van der Waals surface area contributed by atoms with Gasteiger partial charge in [0.1, 0.15) is 6.29 Å². The summed E-state index contributed by atoms with van der Waals surface area (Å²) in [5.41, 5.74) is 0.478. The van der Waals surface area contributed by atoms with Gasteiger partial charge in [0.05, 0.1) is 18.7 Å². The number of aldehydes is 1. The third-order valence-electron chi connectivity index (χ3n) is 2.68. The standard InChI is InChI=1S/C14H19ClO3/c1-4-5-10(2)9-18-14-12(15)6-11(8-16)7-13(14)17-3/h6-8,10H,4-5,9H2,1-3H3. The summed E-state index contributed by atoms with van der Waals surface area (Å²) in [5.74, 6) is 1.46. The highest BCUT2D eigenvalue weighted by Crippen LogP contribution is 2.36. The first-order valence-corrected chi connectivity index (χ1v) is 6.45. The fourth-order valence-corrected chi connectivity index (χ4v) is 2.02. The molecule has 0 N–H and O–H groups in total. The summed E-state index contributed by atoms with van der Waals surface area (Å²) < 4.78 is 10.9. The van der Waals surface area contributed by atoms with Gasteiger partial charge in [0.15, 0.2) is 11.5 Å². The normalized spacial score (nSPS) is 12.0. The van der Waals surface area contributed by atoms with E-state index in [0.717, 1.165) is 19.1 Å². The number of benzene rings is 1. The topological polar surface area (TPSA) is 35.5 Å². The SMILES string of the molecule is CCCC(C)COc1c(Cl)cc(C=O)cc1OC. The van der Waals surface area contributed by atoms with Crippen molar-refractivity contribution in [1.82, 2.24) is 0 Å². The van der Waals surface area contributed by atoms with Gasteiger partial charge in [0.25, 0.3) is 0 Å². The van der Waals surface area contributed by atoms with Gasteiger partial charge in [0, 0.05) is 5.56 Å². The number of hydrogen-bond donors (Lipinski definition) is 0. The van der Waals surface area contributed by atoms with E-state index in [1.165, 1.54) is 7.11 Å². The molecule has 0 saturated heterocycles. The van der Waals surface area contributed by atoms with Gasteiger partial charge < -0.3 is 9.47 Å². The molecular formula is C14H19ClO3. The lowest BCUT2D eigenvalue weighted by Gasteiger charge is -2.16. The maximum Gasteiger partial charge on any atom is 0.179 e. The molecule has 1 rings (SSSR count). The number of carbonyl (C=O) groups is 1. The first kappa shape index (κ1) is 14.8. The zero-order valence-corrected chi connectivity index (χ0v) is 11.8. The molecule has 0 radical (unpaired) electrons. The maximum atomic E-state index is 10.7. The predicted molar refractivity (Wildman–Crippen MR) is 73.0 cm³/mol. The summed E-state index contributed by atoms with van der Waals surface area (Å²) in [6, 6.07) is 3.20. The lowest BCUT2D eigenvalue weighted by atomic mass is 10.1. The van der Waals surface area contributed by atoms with Gasteiger partial charge in [-0.05, 0) is 24.5 Å². The average molecular weight is 271 g/mol. The average Bonchev–Trinajstić information content (AvgIpc) is 2.36. The van der Waals surface area contributed by atoms with Gasteiger partial charge in [0.2, 0.25) is 0 Å². The Bertz CT molecular complexity index is 404. The van der Waals surface area contributed by atoms with Crippen molar-refractivity contribution >= 4 is 17.9 Å². The van der Waals surface area contributed by atoms with Crippen LogP contribution < -0.4 is 9.47 Å². The Hall–Kier alpha value is -1.22. The van der Waals surface area contributed by atoms with Crippen LogP contribution in [0.5, 0.6) is 11.5 Å². The molecule has 3 nitrogen and oxygen atoms in total. The van der Waals surface area contributed by atoms with Crippen molar-refractivity contribution in [2.24, 2.45) is 5.92 Å². The van der Waals surface area contributed by atoms with Crippen LogP contribution in [0.2, 0.25) is 5.02 Å². The molecule has 0 aliphatic carbocycles. The molecule has 4 heteroatoms. The largest absolute Gasteiger partial charge is 0.493 e. The van der Waals surface area contributed by atoms with E-state index >= 15 is 0 Å². The van der Waals surface area contributed by atoms with E-state index in [-0.39, 0.29) is 0 Å². The monoisotopic (exact) mass is 270 g/mol. The lowest BCUT2D eigenvalue weighted by Crippen LogP contribution is -2.09. The molecule has 0 bridgehead atoms. The quantitative estimate of drug-likeness (QED) is 0.703. The molecule has 1 aromatic rings. The van der Waals surface area contributed by atoms with Crippen molar-refractivity contribution in [2.45, 2.75) is 26.7 Å². The first-order chi connectivity index (χ1) is 8.62. The van der Waals surface area contributed by atoms with Gasteiger partial charge in [-0.25, -0.2) is 0 Å². The Morgan fingerprint density at radius 3 is 2.72 bits per heavy atom. The minimum Gasteiger partial charge on any atom is -0.493 e. The van der Waals surface area contributed by atoms with Crippen LogP contribution in [0.4, 0.5) is 0 Å². The summed E-state index contributed by atoms with van der Waals surface area (Å²) in [5, 5.41) is 0.403.